The third-order valence-corrected chi connectivity index (χ3v) is 7.06. The average Bonchev–Trinajstić information content (AvgIpc) is 3.35. The van der Waals surface area contributed by atoms with Crippen molar-refractivity contribution in [3.8, 4) is 0 Å². The van der Waals surface area contributed by atoms with E-state index in [9.17, 15) is 9.59 Å². The summed E-state index contributed by atoms with van der Waals surface area (Å²) in [6.45, 7) is 9.74. The van der Waals surface area contributed by atoms with Gasteiger partial charge in [0.1, 0.15) is 0 Å². The summed E-state index contributed by atoms with van der Waals surface area (Å²) >= 11 is 0. The molecule has 0 bridgehead atoms. The van der Waals surface area contributed by atoms with Gasteiger partial charge in [0.05, 0.1) is 13.2 Å². The van der Waals surface area contributed by atoms with Gasteiger partial charge in [-0.05, 0) is 32.3 Å². The Morgan fingerprint density at radius 2 is 1.68 bits per heavy atom. The Kier molecular flexibility index (Phi) is 6.14. The van der Waals surface area contributed by atoms with Crippen LogP contribution in [0.1, 0.15) is 23.4 Å². The highest BCUT2D eigenvalue weighted by Crippen LogP contribution is 2.21. The minimum Gasteiger partial charge on any atom is -0.379 e. The monoisotopic (exact) mass is 464 g/mol. The van der Waals surface area contributed by atoms with Crippen molar-refractivity contribution < 1.29 is 4.74 Å². The predicted molar refractivity (Wildman–Crippen MR) is 132 cm³/mol. The van der Waals surface area contributed by atoms with E-state index in [1.54, 1.807) is 7.05 Å². The zero-order valence-corrected chi connectivity index (χ0v) is 20.2. The first-order valence-corrected chi connectivity index (χ1v) is 12.0. The molecule has 1 aliphatic heterocycles. The molecule has 1 saturated heterocycles. The smallest absolute Gasteiger partial charge is 0.332 e. The first kappa shape index (κ1) is 22.6. The van der Waals surface area contributed by atoms with Crippen LogP contribution in [0.15, 0.2) is 39.9 Å². The summed E-state index contributed by atoms with van der Waals surface area (Å²) in [6.07, 6.45) is 1.60. The molecule has 34 heavy (non-hydrogen) atoms. The molecule has 1 aromatic carbocycles. The summed E-state index contributed by atoms with van der Waals surface area (Å²) in [5.74, 6) is 0.722. The van der Waals surface area contributed by atoms with E-state index in [2.05, 4.69) is 16.4 Å². The highest BCUT2D eigenvalue weighted by atomic mass is 16.5. The lowest BCUT2D eigenvalue weighted by Crippen LogP contribution is -2.39. The van der Waals surface area contributed by atoms with Crippen molar-refractivity contribution in [2.45, 2.75) is 39.8 Å². The van der Waals surface area contributed by atoms with E-state index < -0.39 is 0 Å². The Hall–Kier alpha value is -3.17. The molecule has 0 saturated carbocycles. The third-order valence-electron chi connectivity index (χ3n) is 7.06. The molecular weight excluding hydrogens is 432 g/mol. The number of hydrogen-bond donors (Lipinski definition) is 0. The van der Waals surface area contributed by atoms with Crippen LogP contribution in [0, 0.1) is 13.8 Å². The Balaban J connectivity index is 1.52. The zero-order chi connectivity index (χ0) is 23.8. The standard InChI is InChI=1S/C25H32N6O3/c1-18-19(2)31-21-22(26-24(31)29(18)12-7-11-28-14-16-34-17-15-28)27(3)25(33)30(23(21)32)13-10-20-8-5-4-6-9-20/h4-6,8-9H,7,10-17H2,1-3H3. The van der Waals surface area contributed by atoms with Crippen molar-refractivity contribution in [1.82, 2.24) is 28.0 Å². The number of rotatable bonds is 7. The quantitative estimate of drug-likeness (QED) is 0.416. The Labute approximate surface area is 197 Å². The molecule has 3 aromatic heterocycles. The molecule has 0 unspecified atom stereocenters. The van der Waals surface area contributed by atoms with Crippen LogP contribution in [-0.4, -0.2) is 60.8 Å². The van der Waals surface area contributed by atoms with Crippen LogP contribution in [0.3, 0.4) is 0 Å². The van der Waals surface area contributed by atoms with Gasteiger partial charge in [-0.3, -0.25) is 23.2 Å². The van der Waals surface area contributed by atoms with Crippen molar-refractivity contribution in [2.24, 2.45) is 7.05 Å². The molecule has 1 aliphatic rings. The van der Waals surface area contributed by atoms with Crippen LogP contribution in [0.5, 0.6) is 0 Å². The molecule has 0 atom stereocenters. The fraction of sp³-hybridized carbons (Fsp3) is 0.480. The Morgan fingerprint density at radius 1 is 0.941 bits per heavy atom. The summed E-state index contributed by atoms with van der Waals surface area (Å²) in [7, 11) is 1.69. The molecule has 0 N–H and O–H groups in total. The van der Waals surface area contributed by atoms with Crippen molar-refractivity contribution in [1.29, 1.82) is 0 Å². The van der Waals surface area contributed by atoms with Gasteiger partial charge in [0, 0.05) is 51.2 Å². The van der Waals surface area contributed by atoms with Gasteiger partial charge in [-0.2, -0.15) is 4.98 Å². The molecule has 0 aliphatic carbocycles. The van der Waals surface area contributed by atoms with E-state index in [0.29, 0.717) is 24.1 Å². The summed E-state index contributed by atoms with van der Waals surface area (Å²) in [5, 5.41) is 0. The lowest BCUT2D eigenvalue weighted by molar-refractivity contribution is 0.0369. The second-order valence-corrected chi connectivity index (χ2v) is 9.08. The van der Waals surface area contributed by atoms with E-state index in [1.165, 1.54) is 9.13 Å². The van der Waals surface area contributed by atoms with Crippen LogP contribution in [-0.2, 0) is 31.3 Å². The predicted octanol–water partition coefficient (Wildman–Crippen LogP) is 1.73. The van der Waals surface area contributed by atoms with Gasteiger partial charge in [-0.25, -0.2) is 4.79 Å². The SMILES string of the molecule is Cc1c(C)n2c3c(=O)n(CCc4ccccc4)c(=O)n(C)c3nc2n1CCCN1CCOCC1. The molecule has 4 aromatic rings. The van der Waals surface area contributed by atoms with Gasteiger partial charge in [0.25, 0.3) is 5.56 Å². The molecule has 0 amide bonds. The van der Waals surface area contributed by atoms with Crippen LogP contribution in [0.25, 0.3) is 16.9 Å². The lowest BCUT2D eigenvalue weighted by Gasteiger charge is -2.26. The normalized spacial score (nSPS) is 15.0. The van der Waals surface area contributed by atoms with Crippen molar-refractivity contribution in [2.75, 3.05) is 32.8 Å². The summed E-state index contributed by atoms with van der Waals surface area (Å²) in [4.78, 5) is 33.8. The molecule has 4 heterocycles. The van der Waals surface area contributed by atoms with Gasteiger partial charge in [0.15, 0.2) is 11.2 Å². The highest BCUT2D eigenvalue weighted by Gasteiger charge is 2.22. The topological polar surface area (TPSA) is 78.7 Å². The van der Waals surface area contributed by atoms with Gasteiger partial charge in [-0.15, -0.1) is 0 Å². The van der Waals surface area contributed by atoms with Crippen LogP contribution >= 0.6 is 0 Å². The molecule has 9 nitrogen and oxygen atoms in total. The first-order valence-electron chi connectivity index (χ1n) is 12.0. The minimum absolute atomic E-state index is 0.282. The number of aryl methyl sites for hydroxylation is 4. The number of imidazole rings is 2. The third kappa shape index (κ3) is 3.88. The molecular formula is C25H32N6O3. The molecule has 180 valence electrons. The van der Waals surface area contributed by atoms with E-state index in [-0.39, 0.29) is 11.2 Å². The number of aromatic nitrogens is 5. The summed E-state index contributed by atoms with van der Waals surface area (Å²) in [6, 6.07) is 9.91. The number of ether oxygens (including phenoxy) is 1. The Bertz CT molecular complexity index is 1440. The maximum absolute atomic E-state index is 13.6. The minimum atomic E-state index is -0.331. The fourth-order valence-corrected chi connectivity index (χ4v) is 4.94. The number of morpholine rings is 1. The lowest BCUT2D eigenvalue weighted by atomic mass is 10.1. The number of benzene rings is 1. The van der Waals surface area contributed by atoms with Crippen molar-refractivity contribution in [3.63, 3.8) is 0 Å². The number of nitrogens with zero attached hydrogens (tertiary/aromatic N) is 6. The van der Waals surface area contributed by atoms with E-state index in [1.807, 2.05) is 41.7 Å². The van der Waals surface area contributed by atoms with Crippen LogP contribution < -0.4 is 11.2 Å². The summed E-state index contributed by atoms with van der Waals surface area (Å²) < 4.78 is 12.4. The van der Waals surface area contributed by atoms with Gasteiger partial charge >= 0.3 is 5.69 Å². The molecule has 9 heteroatoms. The fourth-order valence-electron chi connectivity index (χ4n) is 4.94. The maximum atomic E-state index is 13.6. The number of fused-ring (bicyclic) bond motifs is 3. The maximum Gasteiger partial charge on any atom is 0.332 e. The van der Waals surface area contributed by atoms with Gasteiger partial charge in [-0.1, -0.05) is 30.3 Å². The largest absolute Gasteiger partial charge is 0.379 e. The second-order valence-electron chi connectivity index (χ2n) is 9.08. The van der Waals surface area contributed by atoms with Crippen molar-refractivity contribution in [3.05, 3.63) is 68.1 Å². The second kappa shape index (κ2) is 9.23. The van der Waals surface area contributed by atoms with E-state index in [0.717, 1.165) is 68.5 Å². The van der Waals surface area contributed by atoms with Gasteiger partial charge < -0.3 is 9.30 Å². The van der Waals surface area contributed by atoms with Crippen LogP contribution in [0.2, 0.25) is 0 Å². The number of hydrogen-bond acceptors (Lipinski definition) is 5. The highest BCUT2D eigenvalue weighted by molar-refractivity contribution is 5.76. The summed E-state index contributed by atoms with van der Waals surface area (Å²) in [5.41, 5.74) is 3.46. The van der Waals surface area contributed by atoms with Crippen LogP contribution in [0.4, 0.5) is 0 Å². The Morgan fingerprint density at radius 3 is 2.41 bits per heavy atom. The van der Waals surface area contributed by atoms with Gasteiger partial charge in [0.2, 0.25) is 5.78 Å². The zero-order valence-electron chi connectivity index (χ0n) is 20.2. The first-order chi connectivity index (χ1) is 16.5. The van der Waals surface area contributed by atoms with Crippen molar-refractivity contribution >= 4 is 16.9 Å². The molecule has 1 fully saturated rings. The average molecular weight is 465 g/mol. The molecule has 0 radical (unpaired) electrons. The van der Waals surface area contributed by atoms with E-state index in [4.69, 9.17) is 9.72 Å². The van der Waals surface area contributed by atoms with E-state index >= 15 is 0 Å². The molecule has 5 rings (SSSR count). The molecule has 0 spiro atoms.